The van der Waals surface area contributed by atoms with Crippen LogP contribution in [0.15, 0.2) is 0 Å². The van der Waals surface area contributed by atoms with Gasteiger partial charge in [0.25, 0.3) is 5.91 Å². The first kappa shape index (κ1) is 45.6. The first-order chi connectivity index (χ1) is 26.5. The van der Waals surface area contributed by atoms with Gasteiger partial charge in [-0.1, -0.05) is 0 Å². The summed E-state index contributed by atoms with van der Waals surface area (Å²) in [6.45, 7) is -0.982. The Kier molecular flexibility index (Phi) is 16.1. The van der Waals surface area contributed by atoms with Crippen LogP contribution in [0, 0.1) is 5.92 Å². The summed E-state index contributed by atoms with van der Waals surface area (Å²) >= 11 is 0. The molecule has 5 rings (SSSR count). The smallest absolute Gasteiger partial charge is 0.252 e. The van der Waals surface area contributed by atoms with Gasteiger partial charge in [0.15, 0.2) is 25.0 Å². The Morgan fingerprint density at radius 1 is 0.714 bits per heavy atom. The van der Waals surface area contributed by atoms with E-state index in [1.165, 1.54) is 0 Å². The van der Waals surface area contributed by atoms with Crippen molar-refractivity contribution in [1.29, 1.82) is 0 Å². The lowest BCUT2D eigenvalue weighted by Gasteiger charge is -2.48. The number of hydrogen-bond donors (Lipinski definition) is 16. The third-order valence-electron chi connectivity index (χ3n) is 11.3. The molecule has 326 valence electrons. The number of carbonyl (C=O) groups excluding carboxylic acids is 1. The van der Waals surface area contributed by atoms with E-state index in [0.717, 1.165) is 12.8 Å². The molecule has 3 heterocycles. The number of alkyl halides is 1. The van der Waals surface area contributed by atoms with E-state index in [0.29, 0.717) is 12.5 Å². The molecule has 3 aliphatic heterocycles. The van der Waals surface area contributed by atoms with Crippen LogP contribution >= 0.6 is 0 Å². The minimum Gasteiger partial charge on any atom is -0.394 e. The van der Waals surface area contributed by atoms with Crippen LogP contribution in [0.25, 0.3) is 0 Å². The van der Waals surface area contributed by atoms with Crippen molar-refractivity contribution >= 4 is 5.91 Å². The normalized spacial score (nSPS) is 48.2. The zero-order valence-corrected chi connectivity index (χ0v) is 30.7. The van der Waals surface area contributed by atoms with Crippen molar-refractivity contribution in [2.45, 2.75) is 154 Å². The van der Waals surface area contributed by atoms with Gasteiger partial charge in [-0.3, -0.25) is 4.79 Å². The second kappa shape index (κ2) is 19.7. The van der Waals surface area contributed by atoms with E-state index >= 15 is 0 Å². The highest BCUT2D eigenvalue weighted by molar-refractivity contribution is 5.81. The van der Waals surface area contributed by atoms with E-state index in [-0.39, 0.29) is 25.6 Å². The molecule has 0 bridgehead atoms. The van der Waals surface area contributed by atoms with E-state index in [1.807, 2.05) is 0 Å². The van der Waals surface area contributed by atoms with E-state index in [9.17, 15) is 50.0 Å². The topological polar surface area (TPSA) is 414 Å². The number of nitrogens with two attached hydrogens (primary N) is 6. The van der Waals surface area contributed by atoms with Crippen molar-refractivity contribution in [3.05, 3.63) is 0 Å². The van der Waals surface area contributed by atoms with E-state index in [1.54, 1.807) is 0 Å². The molecule has 1 amide bonds. The molecular formula is C32H61FN8O15. The van der Waals surface area contributed by atoms with Crippen molar-refractivity contribution in [2.24, 2.45) is 40.3 Å². The molecule has 0 spiro atoms. The summed E-state index contributed by atoms with van der Waals surface area (Å²) in [6.07, 6.45) is -25.0. The third kappa shape index (κ3) is 9.94. The molecule has 0 aromatic rings. The van der Waals surface area contributed by atoms with E-state index < -0.39 is 148 Å². The molecule has 56 heavy (non-hydrogen) atoms. The molecule has 5 fully saturated rings. The molecule has 0 radical (unpaired) electrons. The number of halogens is 1. The van der Waals surface area contributed by atoms with Crippen molar-refractivity contribution in [3.8, 4) is 0 Å². The molecule has 23 nitrogen and oxygen atoms in total. The fraction of sp³-hybridized carbons (Fsp3) is 0.969. The van der Waals surface area contributed by atoms with Crippen LogP contribution in [0.4, 0.5) is 4.39 Å². The lowest BCUT2D eigenvalue weighted by Crippen LogP contribution is -2.69. The van der Waals surface area contributed by atoms with Gasteiger partial charge < -0.3 is 114 Å². The zero-order chi connectivity index (χ0) is 41.2. The summed E-state index contributed by atoms with van der Waals surface area (Å²) in [5.74, 6) is -0.882. The highest BCUT2D eigenvalue weighted by atomic mass is 19.1. The van der Waals surface area contributed by atoms with Gasteiger partial charge in [0.1, 0.15) is 79.4 Å². The third-order valence-corrected chi connectivity index (χ3v) is 11.3. The van der Waals surface area contributed by atoms with Crippen LogP contribution in [0.3, 0.4) is 0 Å². The van der Waals surface area contributed by atoms with Gasteiger partial charge in [0.2, 0.25) is 0 Å². The van der Waals surface area contributed by atoms with Gasteiger partial charge in [0, 0.05) is 31.7 Å². The van der Waals surface area contributed by atoms with Gasteiger partial charge in [-0.25, -0.2) is 4.39 Å². The maximum atomic E-state index is 14.1. The fourth-order valence-electron chi connectivity index (χ4n) is 7.77. The molecule has 0 aromatic heterocycles. The Balaban J connectivity index is 1.34. The highest BCUT2D eigenvalue weighted by Gasteiger charge is 2.55. The van der Waals surface area contributed by atoms with Crippen molar-refractivity contribution in [1.82, 2.24) is 10.6 Å². The van der Waals surface area contributed by atoms with Crippen LogP contribution in [-0.4, -0.2) is 214 Å². The number of aliphatic hydroxyl groups excluding tert-OH is 8. The number of carbonyl (C=O) groups is 1. The first-order valence-corrected chi connectivity index (χ1v) is 18.9. The molecule has 22 N–H and O–H groups in total. The summed E-state index contributed by atoms with van der Waals surface area (Å²) in [7, 11) is 0. The SMILES string of the molecule is NC[C@@H]1O[C@H](O[C@H]2[C@@H](O)[C@H](O[C@@H]3[C@@H](O)[C@H](NC(=O)C(O)[C@@H](F)CN)C[C@H](N)[C@H]3O[C@H]3O[C@H](CNCC4CC(N)C4)[C@@H](O)[C@H](O)[C@H]3N)O[C@@H]2CO)[C@H](N)[C@@H](O)[C@@H]1O. The summed E-state index contributed by atoms with van der Waals surface area (Å²) in [4.78, 5) is 12.8. The van der Waals surface area contributed by atoms with Crippen LogP contribution in [0.5, 0.6) is 0 Å². The first-order valence-electron chi connectivity index (χ1n) is 18.9. The minimum atomic E-state index is -2.19. The number of nitrogens with one attached hydrogen (secondary N) is 2. The van der Waals surface area contributed by atoms with Crippen LogP contribution in [0.1, 0.15) is 19.3 Å². The molecule has 3 saturated heterocycles. The average molecular weight is 817 g/mol. The molecule has 5 aliphatic rings. The quantitative estimate of drug-likeness (QED) is 0.0687. The second-order valence-electron chi connectivity index (χ2n) is 15.4. The molecule has 2 saturated carbocycles. The standard InChI is InChI=1S/C32H61FN8O15/c33-11(4-34)19(43)29(50)41-13-3-12(37)26(54-31-18(39)24(48)22(46)15(52-31)7-40-6-9-1-10(36)2-9)28(20(13)44)56-32-25(49)27(16(8-42)53-32)55-30-17(38)23(47)21(45)14(5-35)51-30/h9-28,30-32,40,42-49H,1-8,34-39H2,(H,41,50)/t9?,10?,11-,12-,13+,14-,15+,16+,17+,18+,19?,20-,21+,22+,23+,24+,25+,26+,27+,28+,30+,31+,32-/m0/s1. The average Bonchev–Trinajstić information content (AvgIpc) is 3.46. The lowest BCUT2D eigenvalue weighted by atomic mass is 9.81. The van der Waals surface area contributed by atoms with Crippen molar-refractivity contribution in [3.63, 3.8) is 0 Å². The molecule has 24 heteroatoms. The Morgan fingerprint density at radius 2 is 1.27 bits per heavy atom. The molecule has 1 unspecified atom stereocenters. The summed E-state index contributed by atoms with van der Waals surface area (Å²) < 4.78 is 49.6. The van der Waals surface area contributed by atoms with Crippen LogP contribution in [0.2, 0.25) is 0 Å². The largest absolute Gasteiger partial charge is 0.394 e. The molecule has 0 aromatic carbocycles. The van der Waals surface area contributed by atoms with Gasteiger partial charge in [-0.15, -0.1) is 0 Å². The second-order valence-corrected chi connectivity index (χ2v) is 15.4. The summed E-state index contributed by atoms with van der Waals surface area (Å²) in [5, 5.41) is 91.2. The maximum absolute atomic E-state index is 14.1. The Hall–Kier alpha value is -1.44. The van der Waals surface area contributed by atoms with Gasteiger partial charge in [0.05, 0.1) is 24.7 Å². The van der Waals surface area contributed by atoms with Crippen molar-refractivity contribution in [2.75, 3.05) is 32.8 Å². The van der Waals surface area contributed by atoms with E-state index in [4.69, 9.17) is 62.8 Å². The van der Waals surface area contributed by atoms with Crippen LogP contribution in [-0.2, 0) is 33.2 Å². The highest BCUT2D eigenvalue weighted by Crippen LogP contribution is 2.35. The van der Waals surface area contributed by atoms with E-state index in [2.05, 4.69) is 10.6 Å². The predicted octanol–water partition coefficient (Wildman–Crippen LogP) is -9.71. The maximum Gasteiger partial charge on any atom is 0.252 e. The number of aliphatic hydroxyl groups is 8. The van der Waals surface area contributed by atoms with Crippen LogP contribution < -0.4 is 45.0 Å². The molecule has 2 aliphatic carbocycles. The zero-order valence-electron chi connectivity index (χ0n) is 30.7. The number of hydrogen-bond acceptors (Lipinski definition) is 22. The Bertz CT molecular complexity index is 1260. The number of ether oxygens (including phenoxy) is 6. The fourth-order valence-corrected chi connectivity index (χ4v) is 7.77. The Labute approximate surface area is 322 Å². The number of amides is 1. The van der Waals surface area contributed by atoms with Crippen molar-refractivity contribution < 1.29 is 78.5 Å². The van der Waals surface area contributed by atoms with Gasteiger partial charge in [-0.05, 0) is 31.7 Å². The summed E-state index contributed by atoms with van der Waals surface area (Å²) in [6, 6.07) is -5.03. The predicted molar refractivity (Wildman–Crippen MR) is 187 cm³/mol. The summed E-state index contributed by atoms with van der Waals surface area (Å²) in [5.41, 5.74) is 35.6. The minimum absolute atomic E-state index is 0.0903. The monoisotopic (exact) mass is 816 g/mol. The van der Waals surface area contributed by atoms with Gasteiger partial charge >= 0.3 is 0 Å². The molecular weight excluding hydrogens is 755 g/mol. The number of rotatable bonds is 16. The van der Waals surface area contributed by atoms with Gasteiger partial charge in [-0.2, -0.15) is 0 Å². The molecule has 21 atom stereocenters. The lowest BCUT2D eigenvalue weighted by molar-refractivity contribution is -0.308. The Morgan fingerprint density at radius 3 is 1.84 bits per heavy atom.